The summed E-state index contributed by atoms with van der Waals surface area (Å²) in [5.41, 5.74) is 3.34. The minimum absolute atomic E-state index is 0.180. The monoisotopic (exact) mass is 294 g/mol. The average Bonchev–Trinajstić information content (AvgIpc) is 2.48. The zero-order valence-electron chi connectivity index (χ0n) is 11.8. The molecule has 0 aliphatic rings. The van der Waals surface area contributed by atoms with Crippen LogP contribution in [0.15, 0.2) is 60.7 Å². The number of rotatable bonds is 3. The molecule has 0 unspecified atom stereocenters. The van der Waals surface area contributed by atoms with Crippen LogP contribution in [0.5, 0.6) is 0 Å². The van der Waals surface area contributed by atoms with Gasteiger partial charge < -0.3 is 0 Å². The van der Waals surface area contributed by atoms with Crippen LogP contribution in [-0.2, 0) is 11.2 Å². The third-order valence-corrected chi connectivity index (χ3v) is 3.92. The first-order valence-corrected chi connectivity index (χ1v) is 7.29. The fourth-order valence-corrected chi connectivity index (χ4v) is 2.83. The summed E-state index contributed by atoms with van der Waals surface area (Å²) in [6.45, 7) is 1.61. The van der Waals surface area contributed by atoms with Gasteiger partial charge >= 0.3 is 0 Å². The molecule has 0 aliphatic heterocycles. The number of fused-ring (bicyclic) bond motifs is 1. The van der Waals surface area contributed by atoms with E-state index in [0.717, 1.165) is 32.5 Å². The van der Waals surface area contributed by atoms with Gasteiger partial charge in [0.15, 0.2) is 0 Å². The maximum atomic E-state index is 11.2. The largest absolute Gasteiger partial charge is 0.300 e. The first kappa shape index (κ1) is 13.8. The number of hydrogen-bond donors (Lipinski definition) is 0. The number of benzene rings is 3. The van der Waals surface area contributed by atoms with Crippen LogP contribution in [0, 0.1) is 0 Å². The highest BCUT2D eigenvalue weighted by Gasteiger charge is 2.06. The van der Waals surface area contributed by atoms with E-state index in [1.165, 1.54) is 0 Å². The Kier molecular flexibility index (Phi) is 3.76. The summed E-state index contributed by atoms with van der Waals surface area (Å²) < 4.78 is 0. The van der Waals surface area contributed by atoms with Gasteiger partial charge in [0, 0.05) is 16.8 Å². The number of hydrogen-bond acceptors (Lipinski definition) is 1. The van der Waals surface area contributed by atoms with E-state index in [9.17, 15) is 4.79 Å². The molecule has 0 radical (unpaired) electrons. The topological polar surface area (TPSA) is 17.1 Å². The first-order chi connectivity index (χ1) is 10.1. The molecule has 104 valence electrons. The standard InChI is InChI=1S/C19H15ClO/c1-13(21)12-14-6-8-15(9-7-14)16-10-11-19(20)18-5-3-2-4-17(16)18/h2-11H,12H2,1H3. The lowest BCUT2D eigenvalue weighted by Gasteiger charge is -2.09. The molecule has 0 saturated heterocycles. The summed E-state index contributed by atoms with van der Waals surface area (Å²) in [6, 6.07) is 20.3. The van der Waals surface area contributed by atoms with Crippen molar-refractivity contribution in [2.45, 2.75) is 13.3 Å². The molecule has 3 aromatic carbocycles. The maximum Gasteiger partial charge on any atom is 0.134 e. The van der Waals surface area contributed by atoms with Crippen LogP contribution < -0.4 is 0 Å². The van der Waals surface area contributed by atoms with Gasteiger partial charge in [-0.25, -0.2) is 0 Å². The van der Waals surface area contributed by atoms with Gasteiger partial charge in [-0.15, -0.1) is 0 Å². The van der Waals surface area contributed by atoms with E-state index in [0.29, 0.717) is 6.42 Å². The predicted molar refractivity (Wildman–Crippen MR) is 88.8 cm³/mol. The molecule has 0 amide bonds. The Morgan fingerprint density at radius 3 is 2.24 bits per heavy atom. The van der Waals surface area contributed by atoms with Crippen LogP contribution in [0.4, 0.5) is 0 Å². The van der Waals surface area contributed by atoms with Crippen LogP contribution in [-0.4, -0.2) is 5.78 Å². The molecule has 2 heteroatoms. The normalized spacial score (nSPS) is 10.8. The van der Waals surface area contributed by atoms with E-state index in [4.69, 9.17) is 11.6 Å². The quantitative estimate of drug-likeness (QED) is 0.641. The molecule has 0 atom stereocenters. The number of halogens is 1. The second kappa shape index (κ2) is 5.71. The lowest BCUT2D eigenvalue weighted by molar-refractivity contribution is -0.116. The van der Waals surface area contributed by atoms with E-state index in [1.807, 2.05) is 42.5 Å². The summed E-state index contributed by atoms with van der Waals surface area (Å²) in [7, 11) is 0. The van der Waals surface area contributed by atoms with E-state index in [1.54, 1.807) is 6.92 Å². The molecule has 1 nitrogen and oxygen atoms in total. The van der Waals surface area contributed by atoms with E-state index >= 15 is 0 Å². The van der Waals surface area contributed by atoms with Crippen LogP contribution in [0.1, 0.15) is 12.5 Å². The Morgan fingerprint density at radius 2 is 1.57 bits per heavy atom. The third kappa shape index (κ3) is 2.84. The molecule has 0 fully saturated rings. The molecule has 0 aliphatic carbocycles. The molecule has 3 rings (SSSR count). The van der Waals surface area contributed by atoms with Crippen molar-refractivity contribution in [1.82, 2.24) is 0 Å². The van der Waals surface area contributed by atoms with Crippen molar-refractivity contribution in [3.63, 3.8) is 0 Å². The summed E-state index contributed by atoms with van der Waals surface area (Å²) >= 11 is 6.26. The van der Waals surface area contributed by atoms with Crippen LogP contribution in [0.25, 0.3) is 21.9 Å². The fourth-order valence-electron chi connectivity index (χ4n) is 2.60. The number of ketones is 1. The van der Waals surface area contributed by atoms with Crippen LogP contribution in [0.3, 0.4) is 0 Å². The minimum atomic E-state index is 0.180. The van der Waals surface area contributed by atoms with Crippen molar-refractivity contribution in [3.8, 4) is 11.1 Å². The maximum absolute atomic E-state index is 11.2. The van der Waals surface area contributed by atoms with Gasteiger partial charge in [0.1, 0.15) is 5.78 Å². The molecular weight excluding hydrogens is 280 g/mol. The second-order valence-electron chi connectivity index (χ2n) is 5.22. The second-order valence-corrected chi connectivity index (χ2v) is 5.62. The minimum Gasteiger partial charge on any atom is -0.300 e. The highest BCUT2D eigenvalue weighted by Crippen LogP contribution is 2.33. The molecule has 0 aromatic heterocycles. The molecular formula is C19H15ClO. The van der Waals surface area contributed by atoms with Crippen molar-refractivity contribution in [2.75, 3.05) is 0 Å². The molecule has 0 bridgehead atoms. The van der Waals surface area contributed by atoms with Crippen molar-refractivity contribution in [1.29, 1.82) is 0 Å². The van der Waals surface area contributed by atoms with Crippen molar-refractivity contribution >= 4 is 28.2 Å². The van der Waals surface area contributed by atoms with Gasteiger partial charge in [-0.1, -0.05) is 66.2 Å². The summed E-state index contributed by atoms with van der Waals surface area (Å²) in [5, 5.41) is 2.97. The summed E-state index contributed by atoms with van der Waals surface area (Å²) in [6.07, 6.45) is 0.488. The molecule has 21 heavy (non-hydrogen) atoms. The smallest absolute Gasteiger partial charge is 0.134 e. The SMILES string of the molecule is CC(=O)Cc1ccc(-c2ccc(Cl)c3ccccc23)cc1. The first-order valence-electron chi connectivity index (χ1n) is 6.91. The van der Waals surface area contributed by atoms with Gasteiger partial charge in [0.25, 0.3) is 0 Å². The molecule has 0 saturated carbocycles. The number of carbonyl (C=O) groups excluding carboxylic acids is 1. The van der Waals surface area contributed by atoms with Gasteiger partial charge in [-0.05, 0) is 35.1 Å². The highest BCUT2D eigenvalue weighted by atomic mass is 35.5. The third-order valence-electron chi connectivity index (χ3n) is 3.59. The average molecular weight is 295 g/mol. The Balaban J connectivity index is 2.08. The van der Waals surface area contributed by atoms with Gasteiger partial charge in [0.2, 0.25) is 0 Å². The Labute approximate surface area is 129 Å². The molecule has 3 aromatic rings. The van der Waals surface area contributed by atoms with Crippen molar-refractivity contribution in [2.24, 2.45) is 0 Å². The van der Waals surface area contributed by atoms with E-state index < -0.39 is 0 Å². The van der Waals surface area contributed by atoms with E-state index in [-0.39, 0.29) is 5.78 Å². The molecule has 0 heterocycles. The van der Waals surface area contributed by atoms with Crippen LogP contribution >= 0.6 is 11.6 Å². The van der Waals surface area contributed by atoms with Crippen molar-refractivity contribution in [3.05, 3.63) is 71.2 Å². The number of carbonyl (C=O) groups is 1. The van der Waals surface area contributed by atoms with Gasteiger partial charge in [0.05, 0.1) is 0 Å². The van der Waals surface area contributed by atoms with E-state index in [2.05, 4.69) is 18.2 Å². The lowest BCUT2D eigenvalue weighted by atomic mass is 9.97. The number of Topliss-reactive ketones (excluding diaryl/α,β-unsaturated/α-hetero) is 1. The predicted octanol–water partition coefficient (Wildman–Crippen LogP) is 5.29. The Hall–Kier alpha value is -2.12. The van der Waals surface area contributed by atoms with Gasteiger partial charge in [-0.2, -0.15) is 0 Å². The Bertz CT molecular complexity index is 803. The van der Waals surface area contributed by atoms with Crippen molar-refractivity contribution < 1.29 is 4.79 Å². The summed E-state index contributed by atoms with van der Waals surface area (Å²) in [4.78, 5) is 11.2. The lowest BCUT2D eigenvalue weighted by Crippen LogP contribution is -1.95. The highest BCUT2D eigenvalue weighted by molar-refractivity contribution is 6.36. The Morgan fingerprint density at radius 1 is 0.905 bits per heavy atom. The molecule has 0 spiro atoms. The molecule has 0 N–H and O–H groups in total. The zero-order chi connectivity index (χ0) is 14.8. The van der Waals surface area contributed by atoms with Crippen LogP contribution in [0.2, 0.25) is 5.02 Å². The summed E-state index contributed by atoms with van der Waals surface area (Å²) in [5.74, 6) is 0.180. The van der Waals surface area contributed by atoms with Gasteiger partial charge in [-0.3, -0.25) is 4.79 Å². The zero-order valence-corrected chi connectivity index (χ0v) is 12.5. The fraction of sp³-hybridized carbons (Fsp3) is 0.105.